The molecule has 0 amide bonds. The second kappa shape index (κ2) is 4.62. The number of carboxylic acids is 1. The van der Waals surface area contributed by atoms with E-state index in [0.29, 0.717) is 5.56 Å². The molecule has 0 spiro atoms. The summed E-state index contributed by atoms with van der Waals surface area (Å²) in [6.45, 7) is 0. The monoisotopic (exact) mass is 244 g/mol. The van der Waals surface area contributed by atoms with Crippen LogP contribution in [0.1, 0.15) is 10.4 Å². The van der Waals surface area contributed by atoms with Crippen molar-refractivity contribution in [3.63, 3.8) is 0 Å². The van der Waals surface area contributed by atoms with Gasteiger partial charge in [-0.3, -0.25) is 15.1 Å². The van der Waals surface area contributed by atoms with Crippen LogP contribution in [0.25, 0.3) is 11.1 Å². The van der Waals surface area contributed by atoms with Crippen molar-refractivity contribution in [3.05, 3.63) is 58.4 Å². The molecule has 1 aromatic carbocycles. The third kappa shape index (κ3) is 2.17. The minimum Gasteiger partial charge on any atom is -0.478 e. The fourth-order valence-corrected chi connectivity index (χ4v) is 1.59. The number of aromatic nitrogens is 1. The van der Waals surface area contributed by atoms with Crippen LogP contribution in [0.3, 0.4) is 0 Å². The zero-order valence-electron chi connectivity index (χ0n) is 9.11. The van der Waals surface area contributed by atoms with Gasteiger partial charge in [-0.2, -0.15) is 0 Å². The molecule has 0 fully saturated rings. The lowest BCUT2D eigenvalue weighted by atomic mass is 10.0. The van der Waals surface area contributed by atoms with E-state index >= 15 is 0 Å². The molecule has 0 aliphatic rings. The summed E-state index contributed by atoms with van der Waals surface area (Å²) in [6, 6.07) is 6.92. The van der Waals surface area contributed by atoms with E-state index in [2.05, 4.69) is 4.98 Å². The quantitative estimate of drug-likeness (QED) is 0.660. The second-order valence-electron chi connectivity index (χ2n) is 3.53. The second-order valence-corrected chi connectivity index (χ2v) is 3.53. The number of nitro benzene ring substituents is 1. The molecule has 18 heavy (non-hydrogen) atoms. The van der Waals surface area contributed by atoms with Crippen molar-refractivity contribution in [1.82, 2.24) is 4.98 Å². The van der Waals surface area contributed by atoms with Crippen molar-refractivity contribution in [2.45, 2.75) is 0 Å². The highest BCUT2D eigenvalue weighted by Crippen LogP contribution is 2.27. The van der Waals surface area contributed by atoms with Gasteiger partial charge in [-0.1, -0.05) is 6.07 Å². The van der Waals surface area contributed by atoms with Crippen molar-refractivity contribution in [1.29, 1.82) is 0 Å². The molecular weight excluding hydrogens is 236 g/mol. The van der Waals surface area contributed by atoms with Crippen molar-refractivity contribution in [2.75, 3.05) is 0 Å². The van der Waals surface area contributed by atoms with E-state index in [1.807, 2.05) is 0 Å². The van der Waals surface area contributed by atoms with Crippen LogP contribution in [0.2, 0.25) is 0 Å². The van der Waals surface area contributed by atoms with Crippen LogP contribution in [0.4, 0.5) is 5.69 Å². The van der Waals surface area contributed by atoms with Gasteiger partial charge in [-0.05, 0) is 12.1 Å². The number of carboxylic acid groups (broad SMARTS) is 1. The Morgan fingerprint density at radius 2 is 2.11 bits per heavy atom. The molecular formula is C12H8N2O4. The molecule has 1 aromatic heterocycles. The predicted octanol–water partition coefficient (Wildman–Crippen LogP) is 2.35. The summed E-state index contributed by atoms with van der Waals surface area (Å²) in [5.74, 6) is -1.14. The molecule has 0 bridgehead atoms. The lowest BCUT2D eigenvalue weighted by molar-refractivity contribution is -0.384. The first kappa shape index (κ1) is 11.7. The molecule has 90 valence electrons. The molecule has 0 saturated heterocycles. The molecule has 0 aliphatic heterocycles. The van der Waals surface area contributed by atoms with Crippen LogP contribution in [0.15, 0.2) is 42.7 Å². The predicted molar refractivity (Wildman–Crippen MR) is 63.3 cm³/mol. The van der Waals surface area contributed by atoms with Gasteiger partial charge in [0, 0.05) is 35.7 Å². The zero-order valence-corrected chi connectivity index (χ0v) is 9.11. The highest BCUT2D eigenvalue weighted by Gasteiger charge is 2.16. The Morgan fingerprint density at radius 1 is 1.33 bits per heavy atom. The Morgan fingerprint density at radius 3 is 2.67 bits per heavy atom. The maximum absolute atomic E-state index is 11.1. The highest BCUT2D eigenvalue weighted by molar-refractivity contribution is 5.96. The van der Waals surface area contributed by atoms with E-state index in [0.717, 1.165) is 0 Å². The van der Waals surface area contributed by atoms with Gasteiger partial charge >= 0.3 is 5.97 Å². The van der Waals surface area contributed by atoms with E-state index in [-0.39, 0.29) is 16.8 Å². The number of carbonyl (C=O) groups is 1. The van der Waals surface area contributed by atoms with Crippen molar-refractivity contribution >= 4 is 11.7 Å². The van der Waals surface area contributed by atoms with Crippen molar-refractivity contribution in [2.24, 2.45) is 0 Å². The lowest BCUT2D eigenvalue weighted by Crippen LogP contribution is -2.01. The minimum absolute atomic E-state index is 0.00796. The van der Waals surface area contributed by atoms with Gasteiger partial charge in [0.15, 0.2) is 0 Å². The number of aromatic carboxylic acids is 1. The minimum atomic E-state index is -1.14. The maximum Gasteiger partial charge on any atom is 0.336 e. The third-order valence-electron chi connectivity index (χ3n) is 2.42. The van der Waals surface area contributed by atoms with Gasteiger partial charge in [-0.25, -0.2) is 4.79 Å². The van der Waals surface area contributed by atoms with Crippen LogP contribution in [-0.2, 0) is 0 Å². The normalized spacial score (nSPS) is 10.0. The van der Waals surface area contributed by atoms with Gasteiger partial charge in [0.25, 0.3) is 5.69 Å². The molecule has 2 rings (SSSR count). The number of benzene rings is 1. The Kier molecular flexibility index (Phi) is 3.01. The Balaban J connectivity index is 2.65. The highest BCUT2D eigenvalue weighted by atomic mass is 16.6. The van der Waals surface area contributed by atoms with Gasteiger partial charge < -0.3 is 5.11 Å². The van der Waals surface area contributed by atoms with Gasteiger partial charge in [0.2, 0.25) is 0 Å². The lowest BCUT2D eigenvalue weighted by Gasteiger charge is -2.05. The summed E-state index contributed by atoms with van der Waals surface area (Å²) in [5.41, 5.74) is 0.663. The van der Waals surface area contributed by atoms with Crippen molar-refractivity contribution in [3.8, 4) is 11.1 Å². The van der Waals surface area contributed by atoms with Gasteiger partial charge in [-0.15, -0.1) is 0 Å². The molecule has 6 nitrogen and oxygen atoms in total. The number of rotatable bonds is 3. The van der Waals surface area contributed by atoms with E-state index in [9.17, 15) is 14.9 Å². The smallest absolute Gasteiger partial charge is 0.336 e. The molecule has 1 N–H and O–H groups in total. The van der Waals surface area contributed by atoms with Crippen LogP contribution < -0.4 is 0 Å². The molecule has 0 atom stereocenters. The number of nitro groups is 1. The van der Waals surface area contributed by atoms with Gasteiger partial charge in [0.05, 0.1) is 10.5 Å². The molecule has 6 heteroatoms. The van der Waals surface area contributed by atoms with Crippen LogP contribution in [-0.4, -0.2) is 21.0 Å². The topological polar surface area (TPSA) is 93.3 Å². The van der Waals surface area contributed by atoms with E-state index in [4.69, 9.17) is 5.11 Å². The molecule has 2 aromatic rings. The molecule has 0 saturated carbocycles. The molecule has 0 radical (unpaired) electrons. The van der Waals surface area contributed by atoms with Crippen LogP contribution in [0, 0.1) is 10.1 Å². The summed E-state index contributed by atoms with van der Waals surface area (Å²) >= 11 is 0. The summed E-state index contributed by atoms with van der Waals surface area (Å²) in [4.78, 5) is 25.1. The molecule has 0 aliphatic carbocycles. The van der Waals surface area contributed by atoms with E-state index in [1.165, 1.54) is 24.4 Å². The Labute approximate surface area is 102 Å². The fourth-order valence-electron chi connectivity index (χ4n) is 1.59. The van der Waals surface area contributed by atoms with E-state index in [1.54, 1.807) is 18.3 Å². The fraction of sp³-hybridized carbons (Fsp3) is 0. The first-order chi connectivity index (χ1) is 8.59. The first-order valence-electron chi connectivity index (χ1n) is 5.01. The SMILES string of the molecule is O=C(O)c1ccc([N+](=O)[O-])cc1-c1cccnc1. The standard InChI is InChI=1S/C12H8N2O4/c15-12(16)10-4-3-9(14(17)18)6-11(10)8-2-1-5-13-7-8/h1-7H,(H,15,16). The average molecular weight is 244 g/mol. The van der Waals surface area contributed by atoms with Crippen LogP contribution in [0.5, 0.6) is 0 Å². The first-order valence-corrected chi connectivity index (χ1v) is 5.01. The number of hydrogen-bond donors (Lipinski definition) is 1. The summed E-state index contributed by atoms with van der Waals surface area (Å²) in [5, 5.41) is 19.8. The zero-order chi connectivity index (χ0) is 13.1. The Bertz CT molecular complexity index is 611. The number of hydrogen-bond acceptors (Lipinski definition) is 4. The Hall–Kier alpha value is -2.76. The number of non-ortho nitro benzene ring substituents is 1. The average Bonchev–Trinajstić information content (AvgIpc) is 2.39. The van der Waals surface area contributed by atoms with Gasteiger partial charge in [0.1, 0.15) is 0 Å². The summed E-state index contributed by atoms with van der Waals surface area (Å²) < 4.78 is 0. The van der Waals surface area contributed by atoms with Crippen molar-refractivity contribution < 1.29 is 14.8 Å². The number of nitrogens with zero attached hydrogens (tertiary/aromatic N) is 2. The molecule has 1 heterocycles. The third-order valence-corrected chi connectivity index (χ3v) is 2.42. The van der Waals surface area contributed by atoms with Crippen LogP contribution >= 0.6 is 0 Å². The summed E-state index contributed by atoms with van der Waals surface area (Å²) in [7, 11) is 0. The largest absolute Gasteiger partial charge is 0.478 e. The van der Waals surface area contributed by atoms with E-state index < -0.39 is 10.9 Å². The molecule has 0 unspecified atom stereocenters. The maximum atomic E-state index is 11.1. The number of pyridine rings is 1. The summed E-state index contributed by atoms with van der Waals surface area (Å²) in [6.07, 6.45) is 3.01.